The van der Waals surface area contributed by atoms with Crippen LogP contribution in [-0.4, -0.2) is 41.2 Å². The summed E-state index contributed by atoms with van der Waals surface area (Å²) in [6.07, 6.45) is 1.90. The third-order valence-corrected chi connectivity index (χ3v) is 8.93. The van der Waals surface area contributed by atoms with E-state index in [-0.39, 0.29) is 35.4 Å². The lowest BCUT2D eigenvalue weighted by molar-refractivity contribution is -0.137. The molecule has 1 N–H and O–H groups in total. The molecule has 0 unspecified atom stereocenters. The van der Waals surface area contributed by atoms with Crippen LogP contribution in [-0.2, 0) is 21.0 Å². The number of ketones is 2. The minimum Gasteiger partial charge on any atom is -0.493 e. The molecule has 0 bridgehead atoms. The number of methoxy groups -OCH3 is 1. The first kappa shape index (κ1) is 30.1. The molecule has 1 aliphatic heterocycles. The van der Waals surface area contributed by atoms with Crippen LogP contribution in [0.25, 0.3) is 0 Å². The molecule has 1 heterocycles. The van der Waals surface area contributed by atoms with Crippen molar-refractivity contribution in [3.63, 3.8) is 0 Å². The summed E-state index contributed by atoms with van der Waals surface area (Å²) in [7, 11) is 1.58. The van der Waals surface area contributed by atoms with Gasteiger partial charge in [0.2, 0.25) is 0 Å². The first-order valence-electron chi connectivity index (χ1n) is 14.4. The van der Waals surface area contributed by atoms with Crippen LogP contribution in [0, 0.1) is 10.8 Å². The maximum atomic E-state index is 13.9. The van der Waals surface area contributed by atoms with E-state index in [1.165, 1.54) is 0 Å². The van der Waals surface area contributed by atoms with Crippen molar-refractivity contribution in [1.29, 1.82) is 0 Å². The van der Waals surface area contributed by atoms with Crippen molar-refractivity contribution in [2.75, 3.05) is 13.7 Å². The monoisotopic (exact) mass is 635 g/mol. The second-order valence-electron chi connectivity index (χ2n) is 13.2. The van der Waals surface area contributed by atoms with Crippen molar-refractivity contribution in [3.8, 4) is 11.5 Å². The Bertz CT molecular complexity index is 1450. The lowest BCUT2D eigenvalue weighted by Gasteiger charge is -2.49. The Labute approximate surface area is 255 Å². The molecule has 0 saturated carbocycles. The number of ether oxygens (including phenoxy) is 2. The molecule has 2 aromatic carbocycles. The molecular weight excluding hydrogens is 598 g/mol. The van der Waals surface area contributed by atoms with Crippen LogP contribution in [0.5, 0.6) is 11.5 Å². The van der Waals surface area contributed by atoms with Crippen LogP contribution >= 0.6 is 15.9 Å². The van der Waals surface area contributed by atoms with E-state index < -0.39 is 11.9 Å². The molecular formula is C34H38BrNO6. The number of benzene rings is 2. The molecule has 5 rings (SSSR count). The summed E-state index contributed by atoms with van der Waals surface area (Å²) in [6.45, 7) is 8.85. The standard InChI is InChI=1S/C34H38BrNO6/c1-33(2)15-23-31(25(37)17-33)30(32-24(36(23)13-12-29(39)40)16-34(3,4)18-26(32)38)21-8-11-27(28(14-21)41-5)42-19-20-6-9-22(35)10-7-20/h6-11,14,30H,12-13,15-19H2,1-5H3,(H,39,40). The smallest absolute Gasteiger partial charge is 0.305 e. The van der Waals surface area contributed by atoms with Gasteiger partial charge in [-0.3, -0.25) is 14.4 Å². The van der Waals surface area contributed by atoms with Gasteiger partial charge >= 0.3 is 5.97 Å². The van der Waals surface area contributed by atoms with Gasteiger partial charge in [-0.15, -0.1) is 0 Å². The minimum atomic E-state index is -0.910. The predicted octanol–water partition coefficient (Wildman–Crippen LogP) is 7.20. The molecule has 0 radical (unpaired) electrons. The van der Waals surface area contributed by atoms with Gasteiger partial charge in [-0.1, -0.05) is 61.8 Å². The molecule has 0 aromatic heterocycles. The second kappa shape index (κ2) is 11.4. The molecule has 7 nitrogen and oxygen atoms in total. The molecule has 3 aliphatic rings. The number of carboxylic acid groups (broad SMARTS) is 1. The first-order valence-corrected chi connectivity index (χ1v) is 15.1. The van der Waals surface area contributed by atoms with Gasteiger partial charge in [0, 0.05) is 52.3 Å². The zero-order valence-corrected chi connectivity index (χ0v) is 26.5. The summed E-state index contributed by atoms with van der Waals surface area (Å²) in [5.41, 5.74) is 4.15. The van der Waals surface area contributed by atoms with Gasteiger partial charge in [-0.25, -0.2) is 0 Å². The zero-order valence-electron chi connectivity index (χ0n) is 24.9. The highest BCUT2D eigenvalue weighted by molar-refractivity contribution is 9.10. The van der Waals surface area contributed by atoms with Crippen LogP contribution in [0.3, 0.4) is 0 Å². The van der Waals surface area contributed by atoms with E-state index in [1.807, 2.05) is 47.4 Å². The van der Waals surface area contributed by atoms with E-state index in [2.05, 4.69) is 43.6 Å². The maximum absolute atomic E-state index is 13.9. The Kier molecular flexibility index (Phi) is 8.14. The molecule has 2 aromatic rings. The summed E-state index contributed by atoms with van der Waals surface area (Å²) < 4.78 is 12.9. The number of Topliss-reactive ketones (excluding diaryl/α,β-unsaturated/α-hetero) is 2. The summed E-state index contributed by atoms with van der Waals surface area (Å²) >= 11 is 3.45. The number of carbonyl (C=O) groups is 3. The van der Waals surface area contributed by atoms with Crippen molar-refractivity contribution in [2.24, 2.45) is 10.8 Å². The molecule has 2 aliphatic carbocycles. The highest BCUT2D eigenvalue weighted by Crippen LogP contribution is 2.55. The molecule has 0 fully saturated rings. The summed E-state index contributed by atoms with van der Waals surface area (Å²) in [5.74, 6) is -0.353. The number of hydrogen-bond donors (Lipinski definition) is 1. The molecule has 42 heavy (non-hydrogen) atoms. The third kappa shape index (κ3) is 6.05. The second-order valence-corrected chi connectivity index (χ2v) is 14.1. The quantitative estimate of drug-likeness (QED) is 0.328. The van der Waals surface area contributed by atoms with Crippen LogP contribution in [0.4, 0.5) is 0 Å². The van der Waals surface area contributed by atoms with E-state index in [0.717, 1.165) is 27.0 Å². The van der Waals surface area contributed by atoms with Crippen molar-refractivity contribution in [1.82, 2.24) is 4.90 Å². The van der Waals surface area contributed by atoms with Crippen LogP contribution in [0.2, 0.25) is 0 Å². The summed E-state index contributed by atoms with van der Waals surface area (Å²) in [4.78, 5) is 41.5. The molecule has 0 atom stereocenters. The van der Waals surface area contributed by atoms with Gasteiger partial charge in [0.25, 0.3) is 0 Å². The van der Waals surface area contributed by atoms with Gasteiger partial charge in [-0.2, -0.15) is 0 Å². The molecule has 8 heteroatoms. The number of hydrogen-bond acceptors (Lipinski definition) is 6. The highest BCUT2D eigenvalue weighted by atomic mass is 79.9. The number of allylic oxidation sites excluding steroid dienone is 4. The maximum Gasteiger partial charge on any atom is 0.305 e. The van der Waals surface area contributed by atoms with Crippen LogP contribution in [0.1, 0.15) is 76.8 Å². The topological polar surface area (TPSA) is 93.1 Å². The van der Waals surface area contributed by atoms with E-state index in [9.17, 15) is 19.5 Å². The summed E-state index contributed by atoms with van der Waals surface area (Å²) in [6, 6.07) is 13.5. The number of carbonyl (C=O) groups excluding carboxylic acids is 2. The Morgan fingerprint density at radius 1 is 0.905 bits per heavy atom. The van der Waals surface area contributed by atoms with Gasteiger partial charge in [0.05, 0.1) is 13.5 Å². The van der Waals surface area contributed by atoms with Gasteiger partial charge in [-0.05, 0) is 59.1 Å². The van der Waals surface area contributed by atoms with Crippen LogP contribution < -0.4 is 9.47 Å². The number of carboxylic acids is 1. The largest absolute Gasteiger partial charge is 0.493 e. The average molecular weight is 637 g/mol. The van der Waals surface area contributed by atoms with E-state index in [4.69, 9.17) is 9.47 Å². The van der Waals surface area contributed by atoms with Crippen molar-refractivity contribution in [3.05, 3.63) is 80.6 Å². The Hall–Kier alpha value is -3.39. The lowest BCUT2D eigenvalue weighted by atomic mass is 9.63. The van der Waals surface area contributed by atoms with Crippen molar-refractivity contribution in [2.45, 2.75) is 72.3 Å². The normalized spacial score (nSPS) is 19.9. The number of halogens is 1. The third-order valence-electron chi connectivity index (χ3n) is 8.40. The number of nitrogens with zero attached hydrogens (tertiary/aromatic N) is 1. The van der Waals surface area contributed by atoms with E-state index >= 15 is 0 Å². The lowest BCUT2D eigenvalue weighted by Crippen LogP contribution is -2.45. The average Bonchev–Trinajstić information content (AvgIpc) is 2.89. The number of rotatable bonds is 8. The Morgan fingerprint density at radius 3 is 2.00 bits per heavy atom. The summed E-state index contributed by atoms with van der Waals surface area (Å²) in [5, 5.41) is 9.57. The number of aliphatic carboxylic acids is 1. The van der Waals surface area contributed by atoms with Gasteiger partial charge in [0.15, 0.2) is 23.1 Å². The SMILES string of the molecule is COc1cc(C2C3=C(CC(C)(C)CC3=O)N(CCC(=O)O)C3=C2C(=O)CC(C)(C)C3)ccc1OCc1ccc(Br)cc1. The fourth-order valence-electron chi connectivity index (χ4n) is 6.58. The molecule has 0 amide bonds. The van der Waals surface area contributed by atoms with Gasteiger partial charge < -0.3 is 19.5 Å². The fraction of sp³-hybridized carbons (Fsp3) is 0.441. The first-order chi connectivity index (χ1) is 19.8. The fourth-order valence-corrected chi connectivity index (χ4v) is 6.85. The van der Waals surface area contributed by atoms with Gasteiger partial charge in [0.1, 0.15) is 6.61 Å². The van der Waals surface area contributed by atoms with Crippen molar-refractivity contribution >= 4 is 33.5 Å². The zero-order chi connectivity index (χ0) is 30.4. The van der Waals surface area contributed by atoms with E-state index in [1.54, 1.807) is 7.11 Å². The minimum absolute atomic E-state index is 0.00490. The Morgan fingerprint density at radius 2 is 1.48 bits per heavy atom. The van der Waals surface area contributed by atoms with Crippen LogP contribution in [0.15, 0.2) is 69.5 Å². The highest BCUT2D eigenvalue weighted by Gasteiger charge is 2.49. The van der Waals surface area contributed by atoms with Crippen molar-refractivity contribution < 1.29 is 29.0 Å². The molecule has 0 spiro atoms. The molecule has 0 saturated heterocycles. The molecule has 222 valence electrons. The van der Waals surface area contributed by atoms with E-state index in [0.29, 0.717) is 54.9 Å². The Balaban J connectivity index is 1.62. The predicted molar refractivity (Wildman–Crippen MR) is 163 cm³/mol.